The van der Waals surface area contributed by atoms with Crippen molar-refractivity contribution in [1.82, 2.24) is 4.90 Å². The molecule has 0 radical (unpaired) electrons. The first-order valence-corrected chi connectivity index (χ1v) is 7.57. The summed E-state index contributed by atoms with van der Waals surface area (Å²) in [7, 11) is 0. The van der Waals surface area contributed by atoms with Crippen molar-refractivity contribution >= 4 is 11.9 Å². The van der Waals surface area contributed by atoms with Gasteiger partial charge in [-0.3, -0.25) is 9.59 Å². The predicted molar refractivity (Wildman–Crippen MR) is 70.5 cm³/mol. The van der Waals surface area contributed by atoms with Crippen LogP contribution < -0.4 is 0 Å². The molecule has 0 bridgehead atoms. The predicted octanol–water partition coefficient (Wildman–Crippen LogP) is 2.28. The molecule has 1 amide bonds. The van der Waals surface area contributed by atoms with Crippen molar-refractivity contribution in [2.45, 2.75) is 57.9 Å². The van der Waals surface area contributed by atoms with Crippen molar-refractivity contribution in [3.05, 3.63) is 0 Å². The van der Waals surface area contributed by atoms with Gasteiger partial charge in [-0.05, 0) is 37.5 Å². The zero-order valence-corrected chi connectivity index (χ0v) is 11.6. The molecule has 106 valence electrons. The topological polar surface area (TPSA) is 57.6 Å². The zero-order chi connectivity index (χ0) is 13.6. The van der Waals surface area contributed by atoms with Crippen molar-refractivity contribution in [1.29, 1.82) is 0 Å². The van der Waals surface area contributed by atoms with E-state index in [2.05, 4.69) is 0 Å². The summed E-state index contributed by atoms with van der Waals surface area (Å²) in [5.41, 5.74) is 0.316. The van der Waals surface area contributed by atoms with E-state index in [4.69, 9.17) is 5.11 Å². The lowest BCUT2D eigenvalue weighted by atomic mass is 10.0. The highest BCUT2D eigenvalue weighted by Crippen LogP contribution is 2.63. The molecule has 0 aromatic carbocycles. The summed E-state index contributed by atoms with van der Waals surface area (Å²) in [6, 6.07) is 0.327. The van der Waals surface area contributed by atoms with Crippen LogP contribution >= 0.6 is 0 Å². The molecule has 3 aliphatic rings. The Morgan fingerprint density at radius 3 is 2.47 bits per heavy atom. The Kier molecular flexibility index (Phi) is 3.06. The van der Waals surface area contributed by atoms with E-state index in [1.165, 1.54) is 25.7 Å². The standard InChI is InChI=1S/C15H23NO3/c1-10(14(18)19)9-16(11-4-5-11)13(17)12-8-15(12)6-2-3-7-15/h10-12H,2-9H2,1H3,(H,18,19). The second kappa shape index (κ2) is 4.50. The molecule has 19 heavy (non-hydrogen) atoms. The van der Waals surface area contributed by atoms with Crippen LogP contribution in [0.2, 0.25) is 0 Å². The Morgan fingerprint density at radius 1 is 1.32 bits per heavy atom. The van der Waals surface area contributed by atoms with E-state index in [0.29, 0.717) is 18.0 Å². The molecule has 0 aliphatic heterocycles. The van der Waals surface area contributed by atoms with Crippen LogP contribution in [0.1, 0.15) is 51.9 Å². The van der Waals surface area contributed by atoms with Crippen LogP contribution in [0, 0.1) is 17.3 Å². The van der Waals surface area contributed by atoms with Crippen LogP contribution in [0.4, 0.5) is 0 Å². The summed E-state index contributed by atoms with van der Waals surface area (Å²) in [4.78, 5) is 25.5. The molecule has 4 nitrogen and oxygen atoms in total. The van der Waals surface area contributed by atoms with E-state index >= 15 is 0 Å². The fourth-order valence-corrected chi connectivity index (χ4v) is 3.71. The van der Waals surface area contributed by atoms with Crippen molar-refractivity contribution in [3.63, 3.8) is 0 Å². The van der Waals surface area contributed by atoms with Gasteiger partial charge in [0.25, 0.3) is 0 Å². The minimum absolute atomic E-state index is 0.205. The van der Waals surface area contributed by atoms with Crippen molar-refractivity contribution in [2.75, 3.05) is 6.54 Å². The maximum Gasteiger partial charge on any atom is 0.308 e. The molecule has 1 spiro atoms. The van der Waals surface area contributed by atoms with E-state index in [9.17, 15) is 9.59 Å². The highest BCUT2D eigenvalue weighted by Gasteiger charge is 2.60. The molecular weight excluding hydrogens is 242 g/mol. The third kappa shape index (κ3) is 2.37. The van der Waals surface area contributed by atoms with Crippen LogP contribution in [-0.4, -0.2) is 34.5 Å². The lowest BCUT2D eigenvalue weighted by Crippen LogP contribution is -2.40. The van der Waals surface area contributed by atoms with Crippen LogP contribution in [0.5, 0.6) is 0 Å². The molecule has 3 rings (SSSR count). The molecule has 2 atom stereocenters. The second-order valence-electron chi connectivity index (χ2n) is 6.79. The minimum atomic E-state index is -0.801. The normalized spacial score (nSPS) is 29.2. The average molecular weight is 265 g/mol. The van der Waals surface area contributed by atoms with Crippen LogP contribution in [0.3, 0.4) is 0 Å². The van der Waals surface area contributed by atoms with Crippen molar-refractivity contribution < 1.29 is 14.7 Å². The van der Waals surface area contributed by atoms with Gasteiger partial charge in [0.15, 0.2) is 0 Å². The van der Waals surface area contributed by atoms with Crippen LogP contribution in [-0.2, 0) is 9.59 Å². The van der Waals surface area contributed by atoms with Gasteiger partial charge < -0.3 is 10.0 Å². The summed E-state index contributed by atoms with van der Waals surface area (Å²) in [6.45, 7) is 2.09. The largest absolute Gasteiger partial charge is 0.481 e. The Balaban J connectivity index is 1.64. The van der Waals surface area contributed by atoms with Crippen LogP contribution in [0.25, 0.3) is 0 Å². The van der Waals surface area contributed by atoms with Crippen LogP contribution in [0.15, 0.2) is 0 Å². The van der Waals surface area contributed by atoms with Gasteiger partial charge in [0, 0.05) is 18.5 Å². The van der Waals surface area contributed by atoms with Gasteiger partial charge in [-0.15, -0.1) is 0 Å². The minimum Gasteiger partial charge on any atom is -0.481 e. The Morgan fingerprint density at radius 2 is 1.95 bits per heavy atom. The number of carboxylic acid groups (broad SMARTS) is 1. The summed E-state index contributed by atoms with van der Waals surface area (Å²) >= 11 is 0. The zero-order valence-electron chi connectivity index (χ0n) is 11.6. The maximum atomic E-state index is 12.6. The molecule has 4 heteroatoms. The fraction of sp³-hybridized carbons (Fsp3) is 0.867. The summed E-state index contributed by atoms with van der Waals surface area (Å²) in [5.74, 6) is -0.804. The fourth-order valence-electron chi connectivity index (χ4n) is 3.71. The third-order valence-electron chi connectivity index (χ3n) is 5.25. The Labute approximate surface area is 114 Å². The van der Waals surface area contributed by atoms with E-state index in [1.54, 1.807) is 6.92 Å². The highest BCUT2D eigenvalue weighted by atomic mass is 16.4. The van der Waals surface area contributed by atoms with Gasteiger partial charge in [-0.2, -0.15) is 0 Å². The number of carbonyl (C=O) groups is 2. The maximum absolute atomic E-state index is 12.6. The van der Waals surface area contributed by atoms with Gasteiger partial charge in [-0.25, -0.2) is 0 Å². The number of nitrogens with zero attached hydrogens (tertiary/aromatic N) is 1. The van der Waals surface area contributed by atoms with Gasteiger partial charge >= 0.3 is 5.97 Å². The number of hydrogen-bond donors (Lipinski definition) is 1. The van der Waals surface area contributed by atoms with Gasteiger partial charge in [0.1, 0.15) is 0 Å². The first-order valence-electron chi connectivity index (χ1n) is 7.57. The number of carboxylic acids is 1. The molecule has 3 saturated carbocycles. The summed E-state index contributed by atoms with van der Waals surface area (Å²) in [5, 5.41) is 9.04. The quantitative estimate of drug-likeness (QED) is 0.829. The molecule has 0 aromatic rings. The summed E-state index contributed by atoms with van der Waals surface area (Å²) in [6.07, 6.45) is 8.09. The number of aliphatic carboxylic acids is 1. The van der Waals surface area contributed by atoms with E-state index in [1.807, 2.05) is 4.90 Å². The number of rotatable bonds is 5. The van der Waals surface area contributed by atoms with E-state index in [-0.39, 0.29) is 11.8 Å². The molecular formula is C15H23NO3. The SMILES string of the molecule is CC(CN(C(=O)C1CC12CCCC2)C1CC1)C(=O)O. The van der Waals surface area contributed by atoms with Crippen molar-refractivity contribution in [3.8, 4) is 0 Å². The van der Waals surface area contributed by atoms with E-state index in [0.717, 1.165) is 19.3 Å². The van der Waals surface area contributed by atoms with Gasteiger partial charge in [0.05, 0.1) is 5.92 Å². The first-order chi connectivity index (χ1) is 9.03. The molecule has 3 fully saturated rings. The molecule has 2 unspecified atom stereocenters. The number of hydrogen-bond acceptors (Lipinski definition) is 2. The summed E-state index contributed by atoms with van der Waals surface area (Å²) < 4.78 is 0. The first kappa shape index (κ1) is 12.9. The highest BCUT2D eigenvalue weighted by molar-refractivity contribution is 5.84. The molecule has 3 aliphatic carbocycles. The Hall–Kier alpha value is -1.06. The smallest absolute Gasteiger partial charge is 0.308 e. The lowest BCUT2D eigenvalue weighted by molar-refractivity contribution is -0.143. The van der Waals surface area contributed by atoms with Gasteiger partial charge in [-0.1, -0.05) is 19.8 Å². The molecule has 0 aromatic heterocycles. The Bertz CT molecular complexity index is 396. The monoisotopic (exact) mass is 265 g/mol. The second-order valence-corrected chi connectivity index (χ2v) is 6.79. The molecule has 0 saturated heterocycles. The lowest BCUT2D eigenvalue weighted by Gasteiger charge is -2.25. The third-order valence-corrected chi connectivity index (χ3v) is 5.25. The molecule has 1 N–H and O–H groups in total. The van der Waals surface area contributed by atoms with E-state index < -0.39 is 11.9 Å². The average Bonchev–Trinajstić information content (AvgIpc) is 3.24. The number of amides is 1. The van der Waals surface area contributed by atoms with Crippen molar-refractivity contribution in [2.24, 2.45) is 17.3 Å². The molecule has 0 heterocycles. The van der Waals surface area contributed by atoms with Gasteiger partial charge in [0.2, 0.25) is 5.91 Å². The number of carbonyl (C=O) groups excluding carboxylic acids is 1.